The minimum atomic E-state index is 0.277. The van der Waals surface area contributed by atoms with Crippen LogP contribution >= 0.6 is 27.3 Å². The maximum Gasteiger partial charge on any atom is 0.119 e. The third-order valence-corrected chi connectivity index (χ3v) is 5.19. The van der Waals surface area contributed by atoms with Gasteiger partial charge in [-0.2, -0.15) is 0 Å². The number of thiophene rings is 1. The quantitative estimate of drug-likeness (QED) is 0.833. The fraction of sp³-hybridized carbons (Fsp3) is 0.333. The molecule has 2 aromatic rings. The molecule has 19 heavy (non-hydrogen) atoms. The van der Waals surface area contributed by atoms with Crippen molar-refractivity contribution >= 4 is 27.3 Å². The summed E-state index contributed by atoms with van der Waals surface area (Å²) >= 11 is 5.35. The fourth-order valence-electron chi connectivity index (χ4n) is 2.07. The number of methoxy groups -OCH3 is 1. The summed E-state index contributed by atoms with van der Waals surface area (Å²) in [7, 11) is 1.70. The molecule has 1 heterocycles. The van der Waals surface area contributed by atoms with Gasteiger partial charge in [-0.05, 0) is 58.9 Å². The molecule has 0 radical (unpaired) electrons. The molecule has 0 amide bonds. The van der Waals surface area contributed by atoms with E-state index >= 15 is 0 Å². The summed E-state index contributed by atoms with van der Waals surface area (Å²) in [4.78, 5) is 1.33. The first kappa shape index (κ1) is 14.6. The second-order valence-corrected chi connectivity index (χ2v) is 6.32. The van der Waals surface area contributed by atoms with E-state index in [-0.39, 0.29) is 6.04 Å². The standard InChI is InChI=1S/C15H18BrNOS/c1-10(12-5-4-6-13(9-12)18-3)17-11(2)15-14(16)7-8-19-15/h4-11,17H,1-3H3. The molecule has 2 atom stereocenters. The van der Waals surface area contributed by atoms with Gasteiger partial charge in [-0.15, -0.1) is 11.3 Å². The van der Waals surface area contributed by atoms with Crippen LogP contribution < -0.4 is 10.1 Å². The van der Waals surface area contributed by atoms with Gasteiger partial charge >= 0.3 is 0 Å². The predicted octanol–water partition coefficient (Wildman–Crippen LogP) is 4.93. The molecule has 2 nitrogen and oxygen atoms in total. The summed E-state index contributed by atoms with van der Waals surface area (Å²) in [6, 6.07) is 10.9. The highest BCUT2D eigenvalue weighted by Gasteiger charge is 2.14. The van der Waals surface area contributed by atoms with Crippen LogP contribution in [0.2, 0.25) is 0 Å². The van der Waals surface area contributed by atoms with Crippen LogP contribution in [0.3, 0.4) is 0 Å². The van der Waals surface area contributed by atoms with Gasteiger partial charge in [-0.1, -0.05) is 12.1 Å². The Morgan fingerprint density at radius 3 is 2.63 bits per heavy atom. The van der Waals surface area contributed by atoms with Gasteiger partial charge in [0.1, 0.15) is 5.75 Å². The van der Waals surface area contributed by atoms with E-state index in [2.05, 4.69) is 58.7 Å². The highest BCUT2D eigenvalue weighted by atomic mass is 79.9. The molecule has 4 heteroatoms. The average Bonchev–Trinajstić information content (AvgIpc) is 2.85. The molecule has 0 bridgehead atoms. The van der Waals surface area contributed by atoms with Crippen LogP contribution in [-0.2, 0) is 0 Å². The summed E-state index contributed by atoms with van der Waals surface area (Å²) in [5.41, 5.74) is 1.24. The van der Waals surface area contributed by atoms with Gasteiger partial charge in [0.05, 0.1) is 7.11 Å². The van der Waals surface area contributed by atoms with Gasteiger partial charge in [-0.25, -0.2) is 0 Å². The van der Waals surface area contributed by atoms with Crippen molar-refractivity contribution < 1.29 is 4.74 Å². The van der Waals surface area contributed by atoms with Crippen molar-refractivity contribution in [3.63, 3.8) is 0 Å². The number of hydrogen-bond acceptors (Lipinski definition) is 3. The van der Waals surface area contributed by atoms with E-state index in [1.165, 1.54) is 14.9 Å². The summed E-state index contributed by atoms with van der Waals surface area (Å²) in [5, 5.41) is 5.72. The first-order chi connectivity index (χ1) is 9.11. The largest absolute Gasteiger partial charge is 0.497 e. The van der Waals surface area contributed by atoms with Gasteiger partial charge in [0.2, 0.25) is 0 Å². The Kier molecular flexibility index (Phi) is 5.02. The highest BCUT2D eigenvalue weighted by Crippen LogP contribution is 2.30. The number of benzene rings is 1. The maximum atomic E-state index is 5.27. The lowest BCUT2D eigenvalue weighted by atomic mass is 10.1. The van der Waals surface area contributed by atoms with E-state index in [9.17, 15) is 0 Å². The monoisotopic (exact) mass is 339 g/mol. The number of rotatable bonds is 5. The highest BCUT2D eigenvalue weighted by molar-refractivity contribution is 9.10. The maximum absolute atomic E-state index is 5.27. The smallest absolute Gasteiger partial charge is 0.119 e. The summed E-state index contributed by atoms with van der Waals surface area (Å²) < 4.78 is 6.44. The Hall–Kier alpha value is -0.840. The molecular formula is C15H18BrNOS. The molecule has 0 aliphatic carbocycles. The van der Waals surface area contributed by atoms with E-state index in [4.69, 9.17) is 4.74 Å². The molecule has 1 aromatic carbocycles. The minimum Gasteiger partial charge on any atom is -0.497 e. The van der Waals surface area contributed by atoms with Gasteiger partial charge in [0.15, 0.2) is 0 Å². The molecule has 0 aliphatic heterocycles. The third-order valence-electron chi connectivity index (χ3n) is 3.13. The van der Waals surface area contributed by atoms with Crippen LogP contribution in [0.4, 0.5) is 0 Å². The van der Waals surface area contributed by atoms with E-state index < -0.39 is 0 Å². The van der Waals surface area contributed by atoms with Crippen LogP contribution in [0, 0.1) is 0 Å². The molecule has 2 unspecified atom stereocenters. The first-order valence-corrected chi connectivity index (χ1v) is 7.92. The van der Waals surface area contributed by atoms with Crippen LogP contribution in [0.15, 0.2) is 40.2 Å². The van der Waals surface area contributed by atoms with Crippen molar-refractivity contribution in [1.29, 1.82) is 0 Å². The number of ether oxygens (including phenoxy) is 1. The Morgan fingerprint density at radius 1 is 1.21 bits per heavy atom. The molecule has 1 N–H and O–H groups in total. The Bertz CT molecular complexity index is 540. The second kappa shape index (κ2) is 6.55. The van der Waals surface area contributed by atoms with Crippen molar-refractivity contribution in [3.05, 3.63) is 50.6 Å². The summed E-state index contributed by atoms with van der Waals surface area (Å²) in [6.07, 6.45) is 0. The number of hydrogen-bond donors (Lipinski definition) is 1. The van der Waals surface area contributed by atoms with E-state index in [1.54, 1.807) is 18.4 Å². The Morgan fingerprint density at radius 2 is 2.00 bits per heavy atom. The number of halogens is 1. The molecule has 2 rings (SSSR count). The van der Waals surface area contributed by atoms with Crippen molar-refractivity contribution in [3.8, 4) is 5.75 Å². The van der Waals surface area contributed by atoms with E-state index in [0.29, 0.717) is 6.04 Å². The second-order valence-electron chi connectivity index (χ2n) is 4.52. The Balaban J connectivity index is 2.08. The normalized spacial score (nSPS) is 14.1. The predicted molar refractivity (Wildman–Crippen MR) is 85.0 cm³/mol. The molecular weight excluding hydrogens is 322 g/mol. The van der Waals surface area contributed by atoms with Crippen LogP contribution in [0.1, 0.15) is 36.4 Å². The lowest BCUT2D eigenvalue weighted by molar-refractivity contribution is 0.412. The first-order valence-electron chi connectivity index (χ1n) is 6.24. The van der Waals surface area contributed by atoms with Gasteiger partial charge in [-0.3, -0.25) is 0 Å². The molecule has 0 spiro atoms. The lowest BCUT2D eigenvalue weighted by Crippen LogP contribution is -2.22. The molecule has 102 valence electrons. The summed E-state index contributed by atoms with van der Waals surface area (Å²) in [5.74, 6) is 0.899. The van der Waals surface area contributed by atoms with Crippen molar-refractivity contribution in [2.24, 2.45) is 0 Å². The molecule has 0 saturated carbocycles. The number of nitrogens with one attached hydrogen (secondary N) is 1. The SMILES string of the molecule is COc1cccc(C(C)NC(C)c2sccc2Br)c1. The molecule has 0 fully saturated rings. The van der Waals surface area contributed by atoms with Crippen molar-refractivity contribution in [1.82, 2.24) is 5.32 Å². The zero-order valence-electron chi connectivity index (χ0n) is 11.3. The van der Waals surface area contributed by atoms with E-state index in [0.717, 1.165) is 5.75 Å². The molecule has 0 saturated heterocycles. The van der Waals surface area contributed by atoms with Crippen LogP contribution in [-0.4, -0.2) is 7.11 Å². The summed E-state index contributed by atoms with van der Waals surface area (Å²) in [6.45, 7) is 4.36. The zero-order valence-corrected chi connectivity index (χ0v) is 13.7. The minimum absolute atomic E-state index is 0.277. The zero-order chi connectivity index (χ0) is 13.8. The van der Waals surface area contributed by atoms with Crippen LogP contribution in [0.25, 0.3) is 0 Å². The Labute approximate surface area is 126 Å². The average molecular weight is 340 g/mol. The topological polar surface area (TPSA) is 21.3 Å². The molecule has 0 aliphatic rings. The molecule has 1 aromatic heterocycles. The third kappa shape index (κ3) is 3.59. The van der Waals surface area contributed by atoms with Gasteiger partial charge in [0.25, 0.3) is 0 Å². The van der Waals surface area contributed by atoms with Crippen molar-refractivity contribution in [2.75, 3.05) is 7.11 Å². The van der Waals surface area contributed by atoms with Gasteiger partial charge < -0.3 is 10.1 Å². The fourth-order valence-corrected chi connectivity index (χ4v) is 3.81. The van der Waals surface area contributed by atoms with E-state index in [1.807, 2.05) is 12.1 Å². The van der Waals surface area contributed by atoms with Crippen LogP contribution in [0.5, 0.6) is 5.75 Å². The van der Waals surface area contributed by atoms with Crippen molar-refractivity contribution in [2.45, 2.75) is 25.9 Å². The lowest BCUT2D eigenvalue weighted by Gasteiger charge is -2.20. The van der Waals surface area contributed by atoms with Gasteiger partial charge in [0, 0.05) is 21.4 Å².